The summed E-state index contributed by atoms with van der Waals surface area (Å²) in [5, 5.41) is 23.1. The minimum absolute atomic E-state index is 0.0350. The van der Waals surface area contributed by atoms with Crippen molar-refractivity contribution in [2.24, 2.45) is 0 Å². The van der Waals surface area contributed by atoms with Crippen molar-refractivity contribution in [3.8, 4) is 0 Å². The van der Waals surface area contributed by atoms with Crippen LogP contribution in [0.25, 0.3) is 0 Å². The Bertz CT molecular complexity index is 1010. The van der Waals surface area contributed by atoms with Crippen LogP contribution in [0.1, 0.15) is 316 Å². The van der Waals surface area contributed by atoms with Crippen molar-refractivity contribution in [2.75, 3.05) is 13.2 Å². The Hall–Kier alpha value is -1.66. The molecule has 2 atom stereocenters. The number of aliphatic hydroxyl groups excluding tert-OH is 2. The van der Waals surface area contributed by atoms with Crippen LogP contribution in [-0.2, 0) is 14.3 Å². The van der Waals surface area contributed by atoms with Gasteiger partial charge in [-0.25, -0.2) is 0 Å². The van der Waals surface area contributed by atoms with Crippen LogP contribution in [0.4, 0.5) is 0 Å². The third-order valence-electron chi connectivity index (χ3n) is 13.5. The molecule has 0 aromatic heterocycles. The molecule has 3 N–H and O–H groups in total. The Labute approximate surface area is 405 Å². The first-order chi connectivity index (χ1) is 32.0. The summed E-state index contributed by atoms with van der Waals surface area (Å²) in [6.45, 7) is 4.83. The largest absolute Gasteiger partial charge is 0.466 e. The lowest BCUT2D eigenvalue weighted by Gasteiger charge is -2.19. The molecule has 0 heterocycles. The standard InChI is InChI=1S/C59H113NO5/c1-3-5-7-9-11-13-15-17-19-20-21-22-23-24-25-26-27-28-29-30-32-35-39-43-47-51-57(62)56(55-61)60-58(63)52-48-44-40-36-34-38-42-46-50-54-65-59(64)53-49-45-41-37-33-31-18-16-14-12-10-8-6-4-2/h36,40,47,51,56-57,61-62H,3-35,37-39,41-46,48-50,52-55H2,1-2H3,(H,60,63)/b40-36-,51-47+. The summed E-state index contributed by atoms with van der Waals surface area (Å²) in [5.74, 6) is -0.160. The molecule has 0 fully saturated rings. The first-order valence-corrected chi connectivity index (χ1v) is 29.1. The number of amides is 1. The molecule has 0 saturated carbocycles. The number of nitrogens with one attached hydrogen (secondary N) is 1. The Kier molecular flexibility index (Phi) is 53.5. The van der Waals surface area contributed by atoms with E-state index in [0.29, 0.717) is 19.4 Å². The summed E-state index contributed by atoms with van der Waals surface area (Å²) in [5.41, 5.74) is 0. The minimum atomic E-state index is -0.876. The molecule has 0 aliphatic heterocycles. The van der Waals surface area contributed by atoms with Gasteiger partial charge in [0.05, 0.1) is 25.4 Å². The lowest BCUT2D eigenvalue weighted by Crippen LogP contribution is -2.45. The SMILES string of the molecule is CCCCCCCCCCCCCCCCCCCCCCCCC/C=C/C(O)C(CO)NC(=O)CCC/C=C\CCCCCCOC(=O)CCCCCCCCCCCCCCCC. The van der Waals surface area contributed by atoms with Crippen molar-refractivity contribution in [1.29, 1.82) is 0 Å². The molecule has 0 rings (SSSR count). The van der Waals surface area contributed by atoms with Gasteiger partial charge in [0.1, 0.15) is 0 Å². The van der Waals surface area contributed by atoms with Gasteiger partial charge in [-0.15, -0.1) is 0 Å². The molecule has 2 unspecified atom stereocenters. The monoisotopic (exact) mass is 916 g/mol. The van der Waals surface area contributed by atoms with Gasteiger partial charge in [-0.05, 0) is 51.4 Å². The number of allylic oxidation sites excluding steroid dienone is 3. The average molecular weight is 917 g/mol. The molecule has 0 aromatic carbocycles. The number of hydrogen-bond donors (Lipinski definition) is 3. The number of carbonyl (C=O) groups excluding carboxylic acids is 2. The summed E-state index contributed by atoms with van der Waals surface area (Å²) < 4.78 is 5.44. The number of hydrogen-bond acceptors (Lipinski definition) is 5. The van der Waals surface area contributed by atoms with Gasteiger partial charge in [0.15, 0.2) is 0 Å². The van der Waals surface area contributed by atoms with Crippen LogP contribution in [0.15, 0.2) is 24.3 Å². The fourth-order valence-electron chi connectivity index (χ4n) is 8.99. The molecule has 0 bridgehead atoms. The third-order valence-corrected chi connectivity index (χ3v) is 13.5. The molecular weight excluding hydrogens is 803 g/mol. The number of carbonyl (C=O) groups is 2. The van der Waals surface area contributed by atoms with Crippen LogP contribution in [0.2, 0.25) is 0 Å². The summed E-state index contributed by atoms with van der Waals surface area (Å²) in [7, 11) is 0. The predicted molar refractivity (Wildman–Crippen MR) is 283 cm³/mol. The molecule has 0 aliphatic carbocycles. The van der Waals surface area contributed by atoms with E-state index in [2.05, 4.69) is 31.3 Å². The third kappa shape index (κ3) is 51.6. The molecule has 6 heteroatoms. The van der Waals surface area contributed by atoms with E-state index >= 15 is 0 Å². The van der Waals surface area contributed by atoms with E-state index in [4.69, 9.17) is 4.74 Å². The normalized spacial score (nSPS) is 12.7. The number of aliphatic hydroxyl groups is 2. The second kappa shape index (κ2) is 54.9. The van der Waals surface area contributed by atoms with Crippen molar-refractivity contribution >= 4 is 11.9 Å². The fourth-order valence-corrected chi connectivity index (χ4v) is 8.99. The van der Waals surface area contributed by atoms with Gasteiger partial charge in [-0.1, -0.05) is 276 Å². The smallest absolute Gasteiger partial charge is 0.305 e. The summed E-state index contributed by atoms with van der Waals surface area (Å²) in [6.07, 6.45) is 66.4. The quantitative estimate of drug-likeness (QED) is 0.0321. The lowest BCUT2D eigenvalue weighted by molar-refractivity contribution is -0.143. The van der Waals surface area contributed by atoms with Gasteiger partial charge in [0.2, 0.25) is 5.91 Å². The molecule has 0 aromatic rings. The Morgan fingerprint density at radius 3 is 1.12 bits per heavy atom. The second-order valence-corrected chi connectivity index (χ2v) is 20.0. The summed E-state index contributed by atoms with van der Waals surface area (Å²) in [4.78, 5) is 24.5. The van der Waals surface area contributed by atoms with Crippen LogP contribution in [-0.4, -0.2) is 47.4 Å². The van der Waals surface area contributed by atoms with Gasteiger partial charge in [0.25, 0.3) is 0 Å². The molecule has 0 radical (unpaired) electrons. The highest BCUT2D eigenvalue weighted by Gasteiger charge is 2.18. The maximum Gasteiger partial charge on any atom is 0.305 e. The molecule has 0 aliphatic rings. The van der Waals surface area contributed by atoms with E-state index in [0.717, 1.165) is 70.6 Å². The summed E-state index contributed by atoms with van der Waals surface area (Å²) >= 11 is 0. The Balaban J connectivity index is 3.54. The van der Waals surface area contributed by atoms with Crippen LogP contribution in [0.3, 0.4) is 0 Å². The van der Waals surface area contributed by atoms with Gasteiger partial charge in [0, 0.05) is 12.8 Å². The molecule has 65 heavy (non-hydrogen) atoms. The topological polar surface area (TPSA) is 95.9 Å². The first-order valence-electron chi connectivity index (χ1n) is 29.1. The number of ether oxygens (including phenoxy) is 1. The molecule has 1 amide bonds. The number of esters is 1. The van der Waals surface area contributed by atoms with Gasteiger partial charge in [-0.2, -0.15) is 0 Å². The fraction of sp³-hybridized carbons (Fsp3) is 0.898. The molecule has 384 valence electrons. The molecule has 6 nitrogen and oxygen atoms in total. The first kappa shape index (κ1) is 63.3. The zero-order valence-corrected chi connectivity index (χ0v) is 43.7. The van der Waals surface area contributed by atoms with E-state index < -0.39 is 12.1 Å². The van der Waals surface area contributed by atoms with Crippen molar-refractivity contribution in [1.82, 2.24) is 5.32 Å². The van der Waals surface area contributed by atoms with Gasteiger partial charge in [-0.3, -0.25) is 9.59 Å². The van der Waals surface area contributed by atoms with E-state index in [1.54, 1.807) is 6.08 Å². The highest BCUT2D eigenvalue weighted by molar-refractivity contribution is 5.76. The Morgan fingerprint density at radius 1 is 0.415 bits per heavy atom. The van der Waals surface area contributed by atoms with Crippen molar-refractivity contribution in [3.63, 3.8) is 0 Å². The van der Waals surface area contributed by atoms with Crippen molar-refractivity contribution < 1.29 is 24.5 Å². The van der Waals surface area contributed by atoms with E-state index in [1.165, 1.54) is 218 Å². The van der Waals surface area contributed by atoms with Gasteiger partial charge >= 0.3 is 5.97 Å². The summed E-state index contributed by atoms with van der Waals surface area (Å²) in [6, 6.07) is -0.666. The predicted octanol–water partition coefficient (Wildman–Crippen LogP) is 17.9. The van der Waals surface area contributed by atoms with E-state index in [1.807, 2.05) is 6.08 Å². The average Bonchev–Trinajstić information content (AvgIpc) is 3.31. The highest BCUT2D eigenvalue weighted by atomic mass is 16.5. The Morgan fingerprint density at radius 2 is 0.738 bits per heavy atom. The lowest BCUT2D eigenvalue weighted by atomic mass is 10.0. The molecule has 0 saturated heterocycles. The van der Waals surface area contributed by atoms with E-state index in [-0.39, 0.29) is 18.5 Å². The van der Waals surface area contributed by atoms with E-state index in [9.17, 15) is 19.8 Å². The molecular formula is C59H113NO5. The van der Waals surface area contributed by atoms with Crippen molar-refractivity contribution in [3.05, 3.63) is 24.3 Å². The number of rotatable bonds is 54. The maximum atomic E-state index is 12.5. The van der Waals surface area contributed by atoms with Gasteiger partial charge < -0.3 is 20.3 Å². The second-order valence-electron chi connectivity index (χ2n) is 20.0. The van der Waals surface area contributed by atoms with Crippen LogP contribution >= 0.6 is 0 Å². The van der Waals surface area contributed by atoms with Crippen molar-refractivity contribution in [2.45, 2.75) is 328 Å². The van der Waals surface area contributed by atoms with Crippen LogP contribution in [0, 0.1) is 0 Å². The highest BCUT2D eigenvalue weighted by Crippen LogP contribution is 2.17. The number of unbranched alkanes of at least 4 members (excludes halogenated alkanes) is 41. The zero-order chi connectivity index (χ0) is 47.2. The van der Waals surface area contributed by atoms with Crippen LogP contribution < -0.4 is 5.32 Å². The maximum absolute atomic E-state index is 12.5. The zero-order valence-electron chi connectivity index (χ0n) is 43.7. The minimum Gasteiger partial charge on any atom is -0.466 e. The van der Waals surface area contributed by atoms with Crippen LogP contribution in [0.5, 0.6) is 0 Å². The molecule has 0 spiro atoms.